The molecule has 0 radical (unpaired) electrons. The first-order valence-electron chi connectivity index (χ1n) is 9.20. The van der Waals surface area contributed by atoms with Crippen LogP contribution in [0.3, 0.4) is 0 Å². The van der Waals surface area contributed by atoms with Gasteiger partial charge in [-0.2, -0.15) is 0 Å². The van der Waals surface area contributed by atoms with Crippen molar-refractivity contribution >= 4 is 10.9 Å². The molecule has 1 N–H and O–H groups in total. The molecule has 0 spiro atoms. The lowest BCUT2D eigenvalue weighted by atomic mass is 10.1. The van der Waals surface area contributed by atoms with Crippen molar-refractivity contribution in [2.75, 3.05) is 13.7 Å². The third kappa shape index (κ3) is 4.47. The zero-order valence-corrected chi connectivity index (χ0v) is 15.5. The van der Waals surface area contributed by atoms with E-state index < -0.39 is 0 Å². The standard InChI is InChI=1S/C20H29NO4/c1-4-6-8-9-12-21-17-14-15(24-3)10-11-16(17)18(22)19(20(21)23)25-13-7-5-2/h10-11,14,22H,4-9,12-13H2,1-3H3. The monoisotopic (exact) mass is 347 g/mol. The van der Waals surface area contributed by atoms with Crippen molar-refractivity contribution in [3.63, 3.8) is 0 Å². The highest BCUT2D eigenvalue weighted by Crippen LogP contribution is 2.33. The van der Waals surface area contributed by atoms with Crippen molar-refractivity contribution in [3.05, 3.63) is 28.6 Å². The molecule has 0 aliphatic heterocycles. The molecule has 2 aromatic rings. The van der Waals surface area contributed by atoms with Crippen LogP contribution in [0.2, 0.25) is 0 Å². The minimum absolute atomic E-state index is 0.0570. The van der Waals surface area contributed by atoms with Gasteiger partial charge in [0.05, 0.1) is 19.2 Å². The molecule has 0 amide bonds. The normalized spacial score (nSPS) is 11.0. The number of benzene rings is 1. The van der Waals surface area contributed by atoms with Crippen LogP contribution in [0.1, 0.15) is 52.4 Å². The number of aryl methyl sites for hydroxylation is 1. The summed E-state index contributed by atoms with van der Waals surface area (Å²) in [5.41, 5.74) is 0.409. The lowest BCUT2D eigenvalue weighted by molar-refractivity contribution is 0.287. The van der Waals surface area contributed by atoms with Gasteiger partial charge in [-0.25, -0.2) is 0 Å². The van der Waals surface area contributed by atoms with Crippen LogP contribution >= 0.6 is 0 Å². The van der Waals surface area contributed by atoms with Gasteiger partial charge in [0.1, 0.15) is 5.75 Å². The van der Waals surface area contributed by atoms with Crippen LogP contribution in [0, 0.1) is 0 Å². The van der Waals surface area contributed by atoms with Crippen LogP contribution in [0.4, 0.5) is 0 Å². The summed E-state index contributed by atoms with van der Waals surface area (Å²) >= 11 is 0. The van der Waals surface area contributed by atoms with E-state index in [4.69, 9.17) is 9.47 Å². The zero-order valence-electron chi connectivity index (χ0n) is 15.5. The highest BCUT2D eigenvalue weighted by Gasteiger charge is 2.18. The second-order valence-corrected chi connectivity index (χ2v) is 6.28. The number of aromatic nitrogens is 1. The molecule has 0 saturated heterocycles. The Bertz CT molecular complexity index is 751. The molecule has 0 aliphatic carbocycles. The molecule has 0 atom stereocenters. The van der Waals surface area contributed by atoms with Crippen LogP contribution in [0.25, 0.3) is 10.9 Å². The third-order valence-electron chi connectivity index (χ3n) is 4.38. The van der Waals surface area contributed by atoms with Gasteiger partial charge in [0.25, 0.3) is 5.56 Å². The van der Waals surface area contributed by atoms with E-state index >= 15 is 0 Å². The van der Waals surface area contributed by atoms with E-state index in [2.05, 4.69) is 13.8 Å². The minimum atomic E-state index is -0.272. The van der Waals surface area contributed by atoms with Crippen LogP contribution in [0.15, 0.2) is 23.0 Å². The van der Waals surface area contributed by atoms with Gasteiger partial charge in [0.15, 0.2) is 5.75 Å². The fraction of sp³-hybridized carbons (Fsp3) is 0.550. The van der Waals surface area contributed by atoms with Gasteiger partial charge in [0.2, 0.25) is 5.75 Å². The zero-order chi connectivity index (χ0) is 18.2. The van der Waals surface area contributed by atoms with Gasteiger partial charge in [-0.05, 0) is 25.0 Å². The second-order valence-electron chi connectivity index (χ2n) is 6.28. The third-order valence-corrected chi connectivity index (χ3v) is 4.38. The van der Waals surface area contributed by atoms with Gasteiger partial charge in [-0.1, -0.05) is 39.5 Å². The van der Waals surface area contributed by atoms with Gasteiger partial charge < -0.3 is 19.1 Å². The molecule has 5 nitrogen and oxygen atoms in total. The summed E-state index contributed by atoms with van der Waals surface area (Å²) in [7, 11) is 1.59. The van der Waals surface area contributed by atoms with Crippen molar-refractivity contribution in [1.29, 1.82) is 0 Å². The Hall–Kier alpha value is -2.17. The first-order valence-corrected chi connectivity index (χ1v) is 9.20. The number of hydrogen-bond acceptors (Lipinski definition) is 4. The molecule has 1 aromatic carbocycles. The average molecular weight is 347 g/mol. The van der Waals surface area contributed by atoms with E-state index in [0.717, 1.165) is 38.5 Å². The number of pyridine rings is 1. The first-order chi connectivity index (χ1) is 12.1. The molecule has 0 fully saturated rings. The largest absolute Gasteiger partial charge is 0.504 e. The molecular weight excluding hydrogens is 318 g/mol. The predicted octanol–water partition coefficient (Wildman–Crippen LogP) is 4.47. The number of unbranched alkanes of at least 4 members (excludes halogenated alkanes) is 4. The van der Waals surface area contributed by atoms with Crippen molar-refractivity contribution in [2.45, 2.75) is 58.9 Å². The fourth-order valence-electron chi connectivity index (χ4n) is 2.88. The molecule has 0 aliphatic rings. The highest BCUT2D eigenvalue weighted by molar-refractivity contribution is 5.88. The Morgan fingerprint density at radius 3 is 2.52 bits per heavy atom. The topological polar surface area (TPSA) is 60.7 Å². The quantitative estimate of drug-likeness (QED) is 0.644. The number of ether oxygens (including phenoxy) is 2. The van der Waals surface area contributed by atoms with E-state index in [1.807, 2.05) is 0 Å². The van der Waals surface area contributed by atoms with Crippen molar-refractivity contribution < 1.29 is 14.6 Å². The fourth-order valence-corrected chi connectivity index (χ4v) is 2.88. The first kappa shape index (κ1) is 19.2. The molecule has 5 heteroatoms. The molecule has 0 saturated carbocycles. The summed E-state index contributed by atoms with van der Waals surface area (Å²) in [6, 6.07) is 5.36. The molecule has 1 heterocycles. The van der Waals surface area contributed by atoms with Crippen molar-refractivity contribution in [2.24, 2.45) is 0 Å². The lowest BCUT2D eigenvalue weighted by Gasteiger charge is -2.16. The number of nitrogens with zero attached hydrogens (tertiary/aromatic N) is 1. The minimum Gasteiger partial charge on any atom is -0.504 e. The second kappa shape index (κ2) is 9.35. The highest BCUT2D eigenvalue weighted by atomic mass is 16.5. The number of methoxy groups -OCH3 is 1. The van der Waals surface area contributed by atoms with Crippen LogP contribution in [-0.4, -0.2) is 23.4 Å². The number of hydrogen-bond donors (Lipinski definition) is 1. The van der Waals surface area contributed by atoms with Crippen LogP contribution in [0.5, 0.6) is 17.2 Å². The van der Waals surface area contributed by atoms with Crippen LogP contribution in [-0.2, 0) is 6.54 Å². The van der Waals surface area contributed by atoms with E-state index in [0.29, 0.717) is 29.8 Å². The molecule has 1 aromatic heterocycles. The van der Waals surface area contributed by atoms with Gasteiger partial charge in [-0.3, -0.25) is 4.79 Å². The Labute approximate surface area is 149 Å². The average Bonchev–Trinajstić information content (AvgIpc) is 2.63. The van der Waals surface area contributed by atoms with E-state index in [1.165, 1.54) is 0 Å². The lowest BCUT2D eigenvalue weighted by Crippen LogP contribution is -2.23. The molecule has 138 valence electrons. The smallest absolute Gasteiger partial charge is 0.297 e. The summed E-state index contributed by atoms with van der Waals surface area (Å²) in [6.45, 7) is 5.25. The summed E-state index contributed by atoms with van der Waals surface area (Å²) in [5.74, 6) is 0.637. The predicted molar refractivity (Wildman–Crippen MR) is 101 cm³/mol. The Morgan fingerprint density at radius 2 is 1.84 bits per heavy atom. The Balaban J connectivity index is 2.49. The molecule has 25 heavy (non-hydrogen) atoms. The van der Waals surface area contributed by atoms with Gasteiger partial charge in [0, 0.05) is 18.0 Å². The van der Waals surface area contributed by atoms with Crippen LogP contribution < -0.4 is 15.0 Å². The molecule has 0 unspecified atom stereocenters. The molecule has 0 bridgehead atoms. The van der Waals surface area contributed by atoms with E-state index in [1.54, 1.807) is 29.9 Å². The summed E-state index contributed by atoms with van der Waals surface area (Å²) in [4.78, 5) is 12.9. The van der Waals surface area contributed by atoms with Gasteiger partial charge >= 0.3 is 0 Å². The summed E-state index contributed by atoms with van der Waals surface area (Å²) in [6.07, 6.45) is 6.09. The molecular formula is C20H29NO4. The Kier molecular flexibility index (Phi) is 7.16. The summed E-state index contributed by atoms with van der Waals surface area (Å²) < 4.78 is 12.6. The van der Waals surface area contributed by atoms with E-state index in [9.17, 15) is 9.90 Å². The van der Waals surface area contributed by atoms with E-state index in [-0.39, 0.29) is 17.1 Å². The maximum atomic E-state index is 12.9. The molecule has 2 rings (SSSR count). The SMILES string of the molecule is CCCCCCn1c(=O)c(OCCCC)c(O)c2ccc(OC)cc21. The van der Waals surface area contributed by atoms with Gasteiger partial charge in [-0.15, -0.1) is 0 Å². The Morgan fingerprint density at radius 1 is 1.08 bits per heavy atom. The number of rotatable bonds is 10. The summed E-state index contributed by atoms with van der Waals surface area (Å²) in [5, 5.41) is 11.2. The van der Waals surface area contributed by atoms with Crippen molar-refractivity contribution in [3.8, 4) is 17.2 Å². The van der Waals surface area contributed by atoms with Crippen molar-refractivity contribution in [1.82, 2.24) is 4.57 Å². The maximum Gasteiger partial charge on any atom is 0.297 e. The number of aromatic hydroxyl groups is 1. The maximum absolute atomic E-state index is 12.9. The number of fused-ring (bicyclic) bond motifs is 1.